The molecule has 148 valence electrons. The van der Waals surface area contributed by atoms with E-state index in [9.17, 15) is 35.4 Å². The van der Waals surface area contributed by atoms with Crippen molar-refractivity contribution in [3.05, 3.63) is 11.8 Å². The molecule has 1 saturated heterocycles. The van der Waals surface area contributed by atoms with Crippen LogP contribution in [0.1, 0.15) is 13.3 Å². The van der Waals surface area contributed by atoms with E-state index in [0.29, 0.717) is 6.29 Å². The summed E-state index contributed by atoms with van der Waals surface area (Å²) in [7, 11) is 0. The van der Waals surface area contributed by atoms with Gasteiger partial charge in [-0.3, -0.25) is 4.79 Å². The predicted molar refractivity (Wildman–Crippen MR) is 82.1 cm³/mol. The minimum Gasteiger partial charge on any atom is -0.472 e. The van der Waals surface area contributed by atoms with Crippen LogP contribution in [-0.4, -0.2) is 92.2 Å². The normalized spacial score (nSPS) is 51.3. The molecule has 10 atom stereocenters. The lowest BCUT2D eigenvalue weighted by molar-refractivity contribution is -0.346. The topological polar surface area (TPSA) is 166 Å². The van der Waals surface area contributed by atoms with Crippen LogP contribution in [0.2, 0.25) is 0 Å². The molecular formula is C16H24O10. The third kappa shape index (κ3) is 3.16. The molecule has 0 aromatic rings. The second-order valence-corrected chi connectivity index (χ2v) is 7.25. The first-order valence-corrected chi connectivity index (χ1v) is 8.38. The Morgan fingerprint density at radius 3 is 2.54 bits per heavy atom. The molecule has 2 heterocycles. The average molecular weight is 376 g/mol. The van der Waals surface area contributed by atoms with Gasteiger partial charge >= 0.3 is 0 Å². The molecule has 3 aliphatic rings. The van der Waals surface area contributed by atoms with Gasteiger partial charge < -0.3 is 44.8 Å². The van der Waals surface area contributed by atoms with Gasteiger partial charge in [-0.25, -0.2) is 0 Å². The lowest BCUT2D eigenvalue weighted by atomic mass is 9.81. The summed E-state index contributed by atoms with van der Waals surface area (Å²) in [5, 5.41) is 59.9. The Balaban J connectivity index is 1.83. The number of hydrogen-bond acceptors (Lipinski definition) is 10. The van der Waals surface area contributed by atoms with Crippen LogP contribution in [-0.2, 0) is 19.0 Å². The van der Waals surface area contributed by atoms with Gasteiger partial charge in [0, 0.05) is 17.9 Å². The van der Waals surface area contributed by atoms with Crippen LogP contribution in [0.3, 0.4) is 0 Å². The maximum atomic E-state index is 11.2. The van der Waals surface area contributed by atoms with Crippen LogP contribution >= 0.6 is 0 Å². The SMILES string of the molecule is CC1(O)CC(O)C2C(C=O)=COC(OC3OC(CO)C(O)C(O)C3O)C21. The van der Waals surface area contributed by atoms with Crippen LogP contribution in [0, 0.1) is 11.8 Å². The van der Waals surface area contributed by atoms with Gasteiger partial charge in [-0.15, -0.1) is 0 Å². The van der Waals surface area contributed by atoms with Gasteiger partial charge in [0.05, 0.1) is 30.5 Å². The van der Waals surface area contributed by atoms with E-state index in [4.69, 9.17) is 14.2 Å². The van der Waals surface area contributed by atoms with E-state index < -0.39 is 67.1 Å². The highest BCUT2D eigenvalue weighted by molar-refractivity contribution is 5.74. The van der Waals surface area contributed by atoms with Gasteiger partial charge in [-0.2, -0.15) is 0 Å². The summed E-state index contributed by atoms with van der Waals surface area (Å²) in [6, 6.07) is 0. The summed E-state index contributed by atoms with van der Waals surface area (Å²) in [6.07, 6.45) is -7.96. The van der Waals surface area contributed by atoms with E-state index in [0.717, 1.165) is 6.26 Å². The van der Waals surface area contributed by atoms with Gasteiger partial charge in [0.25, 0.3) is 0 Å². The maximum absolute atomic E-state index is 11.2. The van der Waals surface area contributed by atoms with Crippen molar-refractivity contribution in [1.82, 2.24) is 0 Å². The van der Waals surface area contributed by atoms with Crippen LogP contribution in [0.15, 0.2) is 11.8 Å². The number of hydrogen-bond donors (Lipinski definition) is 6. The number of fused-ring (bicyclic) bond motifs is 1. The van der Waals surface area contributed by atoms with Crippen molar-refractivity contribution < 1.29 is 49.6 Å². The van der Waals surface area contributed by atoms with Crippen molar-refractivity contribution >= 4 is 6.29 Å². The lowest BCUT2D eigenvalue weighted by Crippen LogP contribution is -2.60. The molecule has 0 spiro atoms. The Hall–Kier alpha value is -1.11. The third-order valence-electron chi connectivity index (χ3n) is 5.41. The Bertz CT molecular complexity index is 561. The van der Waals surface area contributed by atoms with E-state index in [2.05, 4.69) is 0 Å². The van der Waals surface area contributed by atoms with Gasteiger partial charge in [0.15, 0.2) is 6.29 Å². The fourth-order valence-electron chi connectivity index (χ4n) is 4.05. The van der Waals surface area contributed by atoms with Crippen molar-refractivity contribution in [3.63, 3.8) is 0 Å². The molecule has 26 heavy (non-hydrogen) atoms. The first kappa shape index (κ1) is 19.6. The Kier molecular flexibility index (Phi) is 5.39. The Morgan fingerprint density at radius 1 is 1.23 bits per heavy atom. The number of aliphatic hydroxyl groups excluding tert-OH is 5. The van der Waals surface area contributed by atoms with Gasteiger partial charge in [-0.1, -0.05) is 0 Å². The summed E-state index contributed by atoms with van der Waals surface area (Å²) in [5.41, 5.74) is -1.25. The molecule has 3 rings (SSSR count). The molecule has 10 nitrogen and oxygen atoms in total. The largest absolute Gasteiger partial charge is 0.472 e. The van der Waals surface area contributed by atoms with Crippen molar-refractivity contribution in [2.24, 2.45) is 11.8 Å². The molecule has 1 saturated carbocycles. The highest BCUT2D eigenvalue weighted by Gasteiger charge is 2.58. The van der Waals surface area contributed by atoms with Crippen LogP contribution in [0.5, 0.6) is 0 Å². The number of rotatable bonds is 4. The Labute approximate surface area is 149 Å². The molecule has 0 aromatic heterocycles. The first-order valence-electron chi connectivity index (χ1n) is 8.38. The molecule has 2 aliphatic heterocycles. The third-order valence-corrected chi connectivity index (χ3v) is 5.41. The number of aliphatic hydroxyl groups is 6. The molecule has 2 fully saturated rings. The van der Waals surface area contributed by atoms with Gasteiger partial charge in [0.1, 0.15) is 30.7 Å². The molecule has 1 aliphatic carbocycles. The predicted octanol–water partition coefficient (Wildman–Crippen LogP) is -3.01. The van der Waals surface area contributed by atoms with Crippen LogP contribution in [0.4, 0.5) is 0 Å². The molecule has 0 aromatic carbocycles. The minimum absolute atomic E-state index is 0.00852. The minimum atomic E-state index is -1.64. The standard InChI is InChI=1S/C16H24O10/c1-16(23)2-7(19)9-6(3-17)5-24-14(10(9)16)26-15-13(22)12(21)11(20)8(4-18)25-15/h3,5,7-15,18-23H,2,4H2,1H3. The molecule has 0 amide bonds. The summed E-state index contributed by atoms with van der Waals surface area (Å²) >= 11 is 0. The second kappa shape index (κ2) is 7.13. The fraction of sp³-hybridized carbons (Fsp3) is 0.812. The smallest absolute Gasteiger partial charge is 0.208 e. The highest BCUT2D eigenvalue weighted by atomic mass is 16.8. The average Bonchev–Trinajstić information content (AvgIpc) is 2.85. The summed E-state index contributed by atoms with van der Waals surface area (Å²) in [6.45, 7) is 0.857. The van der Waals surface area contributed by atoms with Crippen molar-refractivity contribution in [3.8, 4) is 0 Å². The van der Waals surface area contributed by atoms with E-state index in [1.165, 1.54) is 6.92 Å². The van der Waals surface area contributed by atoms with Crippen molar-refractivity contribution in [2.75, 3.05) is 6.61 Å². The van der Waals surface area contributed by atoms with Gasteiger partial charge in [0.2, 0.25) is 6.29 Å². The fourth-order valence-corrected chi connectivity index (χ4v) is 4.05. The zero-order chi connectivity index (χ0) is 19.2. The van der Waals surface area contributed by atoms with E-state index in [1.54, 1.807) is 0 Å². The number of ether oxygens (including phenoxy) is 3. The number of carbonyl (C=O) groups is 1. The molecule has 6 N–H and O–H groups in total. The molecular weight excluding hydrogens is 352 g/mol. The monoisotopic (exact) mass is 376 g/mol. The summed E-state index contributed by atoms with van der Waals surface area (Å²) in [4.78, 5) is 11.2. The zero-order valence-corrected chi connectivity index (χ0v) is 14.1. The maximum Gasteiger partial charge on any atom is 0.208 e. The van der Waals surface area contributed by atoms with Gasteiger partial charge in [-0.05, 0) is 6.92 Å². The lowest BCUT2D eigenvalue weighted by Gasteiger charge is -2.44. The summed E-state index contributed by atoms with van der Waals surface area (Å²) in [5.74, 6) is -1.57. The zero-order valence-electron chi connectivity index (χ0n) is 14.1. The number of carbonyl (C=O) groups excluding carboxylic acids is 1. The molecule has 10 heteroatoms. The first-order chi connectivity index (χ1) is 12.2. The van der Waals surface area contributed by atoms with Crippen LogP contribution < -0.4 is 0 Å². The van der Waals surface area contributed by atoms with Crippen molar-refractivity contribution in [1.29, 1.82) is 0 Å². The summed E-state index contributed by atoms with van der Waals surface area (Å²) < 4.78 is 16.2. The molecule has 10 unspecified atom stereocenters. The van der Waals surface area contributed by atoms with E-state index in [-0.39, 0.29) is 12.0 Å². The van der Waals surface area contributed by atoms with E-state index >= 15 is 0 Å². The molecule has 0 radical (unpaired) electrons. The molecule has 0 bridgehead atoms. The van der Waals surface area contributed by atoms with E-state index in [1.807, 2.05) is 0 Å². The quantitative estimate of drug-likeness (QED) is 0.278. The number of aldehydes is 1. The second-order valence-electron chi connectivity index (χ2n) is 7.25. The highest BCUT2D eigenvalue weighted by Crippen LogP contribution is 2.49. The Morgan fingerprint density at radius 2 is 1.92 bits per heavy atom. The van der Waals surface area contributed by atoms with Crippen molar-refractivity contribution in [2.45, 2.75) is 62.0 Å². The van der Waals surface area contributed by atoms with Crippen LogP contribution in [0.25, 0.3) is 0 Å².